The summed E-state index contributed by atoms with van der Waals surface area (Å²) in [5.41, 5.74) is 1.22. The quantitative estimate of drug-likeness (QED) is 0.904. The molecule has 1 atom stereocenters. The van der Waals surface area contributed by atoms with Gasteiger partial charge in [-0.2, -0.15) is 0 Å². The van der Waals surface area contributed by atoms with Gasteiger partial charge in [0.1, 0.15) is 0 Å². The Hall–Kier alpha value is -1.35. The summed E-state index contributed by atoms with van der Waals surface area (Å²) in [5.74, 6) is 0.221. The van der Waals surface area contributed by atoms with Gasteiger partial charge in [0, 0.05) is 12.1 Å². The van der Waals surface area contributed by atoms with Crippen molar-refractivity contribution >= 4 is 5.91 Å². The maximum absolute atomic E-state index is 12.4. The molecule has 3 nitrogen and oxygen atoms in total. The van der Waals surface area contributed by atoms with Crippen LogP contribution in [0.15, 0.2) is 30.3 Å². The lowest BCUT2D eigenvalue weighted by Gasteiger charge is -2.37. The van der Waals surface area contributed by atoms with Crippen molar-refractivity contribution in [1.82, 2.24) is 10.2 Å². The van der Waals surface area contributed by atoms with Crippen LogP contribution in [0.2, 0.25) is 0 Å². The number of rotatable bonds is 3. The zero-order valence-electron chi connectivity index (χ0n) is 12.1. The van der Waals surface area contributed by atoms with E-state index in [0.29, 0.717) is 0 Å². The third-order valence-electron chi connectivity index (χ3n) is 4.02. The van der Waals surface area contributed by atoms with Crippen molar-refractivity contribution in [3.8, 4) is 0 Å². The number of carbonyl (C=O) groups is 1. The van der Waals surface area contributed by atoms with Gasteiger partial charge in [0.15, 0.2) is 0 Å². The number of benzene rings is 1. The molecule has 1 fully saturated rings. The Bertz CT molecular complexity index is 428. The van der Waals surface area contributed by atoms with Crippen molar-refractivity contribution < 1.29 is 4.79 Å². The molecule has 1 aromatic rings. The lowest BCUT2D eigenvalue weighted by atomic mass is 9.97. The summed E-state index contributed by atoms with van der Waals surface area (Å²) in [7, 11) is 0. The van der Waals surface area contributed by atoms with Gasteiger partial charge < -0.3 is 10.2 Å². The molecule has 1 N–H and O–H groups in total. The molecule has 0 aromatic heterocycles. The molecule has 104 valence electrons. The van der Waals surface area contributed by atoms with E-state index >= 15 is 0 Å². The van der Waals surface area contributed by atoms with E-state index in [-0.39, 0.29) is 17.5 Å². The van der Waals surface area contributed by atoms with Crippen molar-refractivity contribution in [1.29, 1.82) is 0 Å². The van der Waals surface area contributed by atoms with Crippen LogP contribution in [0.3, 0.4) is 0 Å². The molecule has 1 unspecified atom stereocenters. The van der Waals surface area contributed by atoms with Crippen LogP contribution in [0.1, 0.15) is 32.8 Å². The van der Waals surface area contributed by atoms with Gasteiger partial charge in [0.05, 0.1) is 6.04 Å². The van der Waals surface area contributed by atoms with E-state index in [4.69, 9.17) is 0 Å². The number of amides is 1. The molecule has 1 aromatic carbocycles. The first-order chi connectivity index (χ1) is 9.00. The maximum atomic E-state index is 12.4. The van der Waals surface area contributed by atoms with Crippen molar-refractivity contribution in [2.24, 2.45) is 0 Å². The van der Waals surface area contributed by atoms with Crippen molar-refractivity contribution in [3.63, 3.8) is 0 Å². The second-order valence-corrected chi connectivity index (χ2v) is 5.96. The van der Waals surface area contributed by atoms with Crippen LogP contribution in [0.4, 0.5) is 0 Å². The molecule has 1 amide bonds. The zero-order chi connectivity index (χ0) is 13.9. The molecular formula is C16H24N2O. The summed E-state index contributed by atoms with van der Waals surface area (Å²) in [6.07, 6.45) is 1.92. The number of hydrogen-bond donors (Lipinski definition) is 1. The Kier molecular flexibility index (Phi) is 4.25. The zero-order valence-corrected chi connectivity index (χ0v) is 12.1. The number of hydrogen-bond acceptors (Lipinski definition) is 2. The fraction of sp³-hybridized carbons (Fsp3) is 0.562. The second-order valence-electron chi connectivity index (χ2n) is 5.96. The van der Waals surface area contributed by atoms with E-state index in [1.807, 2.05) is 17.9 Å². The average molecular weight is 260 g/mol. The molecule has 0 spiro atoms. The summed E-state index contributed by atoms with van der Waals surface area (Å²) in [5, 5.41) is 3.29. The second kappa shape index (κ2) is 5.74. The van der Waals surface area contributed by atoms with E-state index in [9.17, 15) is 4.79 Å². The monoisotopic (exact) mass is 260 g/mol. The first-order valence-electron chi connectivity index (χ1n) is 7.09. The van der Waals surface area contributed by atoms with Crippen LogP contribution in [-0.4, -0.2) is 35.5 Å². The topological polar surface area (TPSA) is 32.3 Å². The average Bonchev–Trinajstić information content (AvgIpc) is 2.47. The largest absolute Gasteiger partial charge is 0.336 e. The number of nitrogens with one attached hydrogen (secondary N) is 1. The van der Waals surface area contributed by atoms with Gasteiger partial charge in [0.2, 0.25) is 5.91 Å². The fourth-order valence-electron chi connectivity index (χ4n) is 2.65. The molecule has 1 aliphatic heterocycles. The minimum atomic E-state index is -0.0717. The SMILES string of the molecule is CC1NCCC(C)(C)N(CCc2ccccc2)C1=O. The summed E-state index contributed by atoms with van der Waals surface area (Å²) >= 11 is 0. The highest BCUT2D eigenvalue weighted by atomic mass is 16.2. The molecule has 1 saturated heterocycles. The van der Waals surface area contributed by atoms with Crippen LogP contribution < -0.4 is 5.32 Å². The smallest absolute Gasteiger partial charge is 0.239 e. The highest BCUT2D eigenvalue weighted by Gasteiger charge is 2.35. The first kappa shape index (κ1) is 14.1. The molecule has 1 heterocycles. The van der Waals surface area contributed by atoms with Crippen LogP contribution >= 0.6 is 0 Å². The Labute approximate surface area is 116 Å². The Morgan fingerprint density at radius 2 is 2.00 bits per heavy atom. The predicted molar refractivity (Wildman–Crippen MR) is 78.0 cm³/mol. The summed E-state index contributed by atoms with van der Waals surface area (Å²) in [4.78, 5) is 14.5. The molecule has 1 aliphatic rings. The van der Waals surface area contributed by atoms with Gasteiger partial charge in [-0.3, -0.25) is 4.79 Å². The van der Waals surface area contributed by atoms with Crippen molar-refractivity contribution in [2.75, 3.05) is 13.1 Å². The van der Waals surface area contributed by atoms with Crippen LogP contribution in [0, 0.1) is 0 Å². The minimum absolute atomic E-state index is 0.0658. The summed E-state index contributed by atoms with van der Waals surface area (Å²) in [6.45, 7) is 7.98. The third kappa shape index (κ3) is 3.35. The molecule has 2 rings (SSSR count). The van der Waals surface area contributed by atoms with Gasteiger partial charge >= 0.3 is 0 Å². The molecule has 19 heavy (non-hydrogen) atoms. The van der Waals surface area contributed by atoms with E-state index in [1.54, 1.807) is 0 Å². The van der Waals surface area contributed by atoms with Crippen molar-refractivity contribution in [2.45, 2.75) is 45.2 Å². The van der Waals surface area contributed by atoms with Gasteiger partial charge in [-0.05, 0) is 45.7 Å². The van der Waals surface area contributed by atoms with E-state index < -0.39 is 0 Å². The predicted octanol–water partition coefficient (Wildman–Crippen LogP) is 2.22. The van der Waals surface area contributed by atoms with Gasteiger partial charge in [-0.25, -0.2) is 0 Å². The third-order valence-corrected chi connectivity index (χ3v) is 4.02. The summed E-state index contributed by atoms with van der Waals surface area (Å²) < 4.78 is 0. The van der Waals surface area contributed by atoms with Gasteiger partial charge in [0.25, 0.3) is 0 Å². The van der Waals surface area contributed by atoms with Crippen LogP contribution in [-0.2, 0) is 11.2 Å². The fourth-order valence-corrected chi connectivity index (χ4v) is 2.65. The van der Waals surface area contributed by atoms with Gasteiger partial charge in [-0.1, -0.05) is 30.3 Å². The molecule has 0 aliphatic carbocycles. The van der Waals surface area contributed by atoms with Crippen LogP contribution in [0.25, 0.3) is 0 Å². The molecule has 0 saturated carbocycles. The number of carbonyl (C=O) groups excluding carboxylic acids is 1. The lowest BCUT2D eigenvalue weighted by molar-refractivity contribution is -0.137. The maximum Gasteiger partial charge on any atom is 0.239 e. The summed E-state index contributed by atoms with van der Waals surface area (Å²) in [6, 6.07) is 10.3. The van der Waals surface area contributed by atoms with Crippen molar-refractivity contribution in [3.05, 3.63) is 35.9 Å². The first-order valence-corrected chi connectivity index (χ1v) is 7.09. The standard InChI is InChI=1S/C16H24N2O/c1-13-15(19)18(16(2,3)10-11-17-13)12-9-14-7-5-4-6-8-14/h4-8,13,17H,9-12H2,1-3H3. The Morgan fingerprint density at radius 1 is 1.32 bits per heavy atom. The highest BCUT2D eigenvalue weighted by molar-refractivity contribution is 5.82. The highest BCUT2D eigenvalue weighted by Crippen LogP contribution is 2.22. The van der Waals surface area contributed by atoms with E-state index in [0.717, 1.165) is 25.9 Å². The number of nitrogens with zero attached hydrogens (tertiary/aromatic N) is 1. The normalized spacial score (nSPS) is 23.2. The lowest BCUT2D eigenvalue weighted by Crippen LogP contribution is -2.51. The molecular weight excluding hydrogens is 236 g/mol. The van der Waals surface area contributed by atoms with E-state index in [1.165, 1.54) is 5.56 Å². The Morgan fingerprint density at radius 3 is 2.68 bits per heavy atom. The molecule has 0 bridgehead atoms. The minimum Gasteiger partial charge on any atom is -0.336 e. The van der Waals surface area contributed by atoms with Crippen LogP contribution in [0.5, 0.6) is 0 Å². The molecule has 3 heteroatoms. The molecule has 0 radical (unpaired) electrons. The van der Waals surface area contributed by atoms with Gasteiger partial charge in [-0.15, -0.1) is 0 Å². The Balaban J connectivity index is 2.08. The van der Waals surface area contributed by atoms with E-state index in [2.05, 4.69) is 43.4 Å².